The zero-order valence-corrected chi connectivity index (χ0v) is 9.90. The van der Waals surface area contributed by atoms with Crippen molar-refractivity contribution in [2.45, 2.75) is 0 Å². The van der Waals surface area contributed by atoms with Gasteiger partial charge in [-0.15, -0.1) is 0 Å². The van der Waals surface area contributed by atoms with Crippen LogP contribution in [0.3, 0.4) is 0 Å². The molecule has 1 aromatic rings. The van der Waals surface area contributed by atoms with Crippen LogP contribution in [0.4, 0.5) is 0 Å². The first kappa shape index (κ1) is 11.9. The molecule has 1 rings (SSSR count). The van der Waals surface area contributed by atoms with Gasteiger partial charge >= 0.3 is 0 Å². The van der Waals surface area contributed by atoms with E-state index in [9.17, 15) is 10.1 Å². The number of nitrogens with zero attached hydrogens (tertiary/aromatic N) is 1. The molecule has 15 heavy (non-hydrogen) atoms. The zero-order valence-electron chi connectivity index (χ0n) is 7.56. The molecule has 0 radical (unpaired) electrons. The number of benzene rings is 1. The molecule has 0 aromatic heterocycles. The van der Waals surface area contributed by atoms with Gasteiger partial charge in [-0.05, 0) is 23.8 Å². The van der Waals surface area contributed by atoms with Crippen LogP contribution in [-0.4, -0.2) is 4.92 Å². The van der Waals surface area contributed by atoms with Gasteiger partial charge in [0, 0.05) is 15.6 Å². The molecule has 0 aliphatic heterocycles. The minimum absolute atomic E-state index is 0.517. The lowest BCUT2D eigenvalue weighted by atomic mass is 10.2. The zero-order chi connectivity index (χ0) is 11.3. The number of nitro groups is 1. The molecule has 0 aliphatic carbocycles. The Morgan fingerprint density at radius 1 is 1.40 bits per heavy atom. The van der Waals surface area contributed by atoms with Gasteiger partial charge in [0.05, 0.1) is 4.92 Å². The maximum absolute atomic E-state index is 10.1. The molecule has 1 aromatic carbocycles. The van der Waals surface area contributed by atoms with Crippen molar-refractivity contribution in [1.29, 1.82) is 0 Å². The van der Waals surface area contributed by atoms with E-state index in [2.05, 4.69) is 15.9 Å². The highest BCUT2D eigenvalue weighted by molar-refractivity contribution is 9.12. The highest BCUT2D eigenvalue weighted by atomic mass is 79.9. The van der Waals surface area contributed by atoms with Crippen molar-refractivity contribution in [1.82, 2.24) is 0 Å². The van der Waals surface area contributed by atoms with E-state index in [-0.39, 0.29) is 0 Å². The summed E-state index contributed by atoms with van der Waals surface area (Å²) in [6, 6.07) is 7.16. The lowest BCUT2D eigenvalue weighted by Gasteiger charge is -1.93. The van der Waals surface area contributed by atoms with Crippen molar-refractivity contribution < 1.29 is 4.92 Å². The van der Waals surface area contributed by atoms with Crippen LogP contribution in [0.25, 0.3) is 6.08 Å². The molecule has 78 valence electrons. The minimum Gasteiger partial charge on any atom is -0.259 e. The predicted octanol–water partition coefficient (Wildman–Crippen LogP) is 3.87. The molecule has 0 saturated heterocycles. The summed E-state index contributed by atoms with van der Waals surface area (Å²) in [5, 5.41) is 10.7. The average molecular weight is 289 g/mol. The Morgan fingerprint density at radius 2 is 2.00 bits per heavy atom. The lowest BCUT2D eigenvalue weighted by molar-refractivity contribution is -0.402. The van der Waals surface area contributed by atoms with Crippen LogP contribution in [-0.2, 0) is 0 Å². The second-order valence-electron chi connectivity index (χ2n) is 2.68. The van der Waals surface area contributed by atoms with Crippen molar-refractivity contribution in [3.8, 4) is 0 Å². The van der Waals surface area contributed by atoms with Crippen LogP contribution in [0, 0.1) is 10.1 Å². The third-order valence-corrected chi connectivity index (χ3v) is 2.28. The predicted molar refractivity (Wildman–Crippen MR) is 64.5 cm³/mol. The van der Waals surface area contributed by atoms with Gasteiger partial charge in [-0.1, -0.05) is 39.7 Å². The highest BCUT2D eigenvalue weighted by Gasteiger charge is 1.92. The number of rotatable bonds is 3. The maximum Gasteiger partial charge on any atom is 0.235 e. The highest BCUT2D eigenvalue weighted by Crippen LogP contribution is 2.16. The first-order chi connectivity index (χ1) is 7.08. The number of allylic oxidation sites excluding steroid dienone is 2. The van der Waals surface area contributed by atoms with E-state index < -0.39 is 4.92 Å². The molecular formula is C10H7BrClNO2. The quantitative estimate of drug-likeness (QED) is 0.481. The fourth-order valence-electron chi connectivity index (χ4n) is 0.898. The molecule has 0 amide bonds. The summed E-state index contributed by atoms with van der Waals surface area (Å²) in [7, 11) is 0. The number of hydrogen-bond acceptors (Lipinski definition) is 2. The van der Waals surface area contributed by atoms with Gasteiger partial charge in [-0.25, -0.2) is 0 Å². The monoisotopic (exact) mass is 287 g/mol. The largest absolute Gasteiger partial charge is 0.259 e. The van der Waals surface area contributed by atoms with Crippen LogP contribution in [0.1, 0.15) is 5.56 Å². The third kappa shape index (κ3) is 4.76. The van der Waals surface area contributed by atoms with E-state index in [1.807, 2.05) is 12.1 Å². The minimum atomic E-state index is -0.517. The Hall–Kier alpha value is -1.13. The average Bonchev–Trinajstić information content (AvgIpc) is 2.19. The Balaban J connectivity index is 2.78. The van der Waals surface area contributed by atoms with Crippen molar-refractivity contribution >= 4 is 33.6 Å². The van der Waals surface area contributed by atoms with Crippen molar-refractivity contribution in [2.75, 3.05) is 0 Å². The summed E-state index contributed by atoms with van der Waals surface area (Å²) < 4.78 is 0.626. The van der Waals surface area contributed by atoms with Gasteiger partial charge in [0.1, 0.15) is 0 Å². The van der Waals surface area contributed by atoms with Gasteiger partial charge in [0.25, 0.3) is 0 Å². The van der Waals surface area contributed by atoms with E-state index in [4.69, 9.17) is 11.6 Å². The molecule has 0 N–H and O–H groups in total. The second kappa shape index (κ2) is 5.68. The van der Waals surface area contributed by atoms with Crippen LogP contribution in [0.2, 0.25) is 5.02 Å². The van der Waals surface area contributed by atoms with Crippen LogP contribution >= 0.6 is 27.5 Å². The summed E-state index contributed by atoms with van der Waals surface area (Å²) in [4.78, 5) is 9.54. The molecule has 0 heterocycles. The normalized spacial score (nSPS) is 12.0. The molecule has 0 saturated carbocycles. The van der Waals surface area contributed by atoms with Crippen molar-refractivity contribution in [3.63, 3.8) is 0 Å². The summed E-state index contributed by atoms with van der Waals surface area (Å²) in [5.41, 5.74) is 0.916. The van der Waals surface area contributed by atoms with Gasteiger partial charge in [0.2, 0.25) is 6.20 Å². The van der Waals surface area contributed by atoms with Crippen molar-refractivity contribution in [3.05, 3.63) is 61.7 Å². The fourth-order valence-corrected chi connectivity index (χ4v) is 1.41. The van der Waals surface area contributed by atoms with E-state index in [0.29, 0.717) is 9.51 Å². The number of halogens is 2. The van der Waals surface area contributed by atoms with E-state index in [1.54, 1.807) is 18.2 Å². The molecule has 0 bridgehead atoms. The van der Waals surface area contributed by atoms with Crippen LogP contribution in [0.15, 0.2) is 41.0 Å². The van der Waals surface area contributed by atoms with Gasteiger partial charge in [0.15, 0.2) is 0 Å². The SMILES string of the molecule is O=[N+]([O-])/C=C/C(Br)=C/c1ccc(Cl)cc1. The van der Waals surface area contributed by atoms with Crippen LogP contribution < -0.4 is 0 Å². The Labute approximate surface area is 100 Å². The first-order valence-corrected chi connectivity index (χ1v) is 5.19. The lowest BCUT2D eigenvalue weighted by Crippen LogP contribution is -1.81. The fraction of sp³-hybridized carbons (Fsp3) is 0. The molecular weight excluding hydrogens is 281 g/mol. The smallest absolute Gasteiger partial charge is 0.235 e. The van der Waals surface area contributed by atoms with Gasteiger partial charge in [-0.2, -0.15) is 0 Å². The molecule has 0 spiro atoms. The van der Waals surface area contributed by atoms with E-state index >= 15 is 0 Å². The van der Waals surface area contributed by atoms with Crippen molar-refractivity contribution in [2.24, 2.45) is 0 Å². The Kier molecular flexibility index (Phi) is 4.52. The number of hydrogen-bond donors (Lipinski definition) is 0. The molecule has 0 fully saturated rings. The molecule has 0 atom stereocenters. The first-order valence-electron chi connectivity index (χ1n) is 4.02. The topological polar surface area (TPSA) is 43.1 Å². The van der Waals surface area contributed by atoms with Gasteiger partial charge in [-0.3, -0.25) is 10.1 Å². The summed E-state index contributed by atoms with van der Waals surface area (Å²) in [6.45, 7) is 0. The standard InChI is InChI=1S/C10H7BrClNO2/c11-9(5-6-13(14)15)7-8-1-3-10(12)4-2-8/h1-7H/b6-5+,9-7-. The maximum atomic E-state index is 10.1. The molecule has 0 aliphatic rings. The van der Waals surface area contributed by atoms with Gasteiger partial charge < -0.3 is 0 Å². The second-order valence-corrected chi connectivity index (χ2v) is 4.03. The molecule has 0 unspecified atom stereocenters. The van der Waals surface area contributed by atoms with Crippen LogP contribution in [0.5, 0.6) is 0 Å². The van der Waals surface area contributed by atoms with E-state index in [0.717, 1.165) is 11.8 Å². The Bertz CT molecular complexity index is 412. The summed E-state index contributed by atoms with van der Waals surface area (Å²) >= 11 is 8.91. The van der Waals surface area contributed by atoms with E-state index in [1.165, 1.54) is 6.08 Å². The summed E-state index contributed by atoms with van der Waals surface area (Å²) in [5.74, 6) is 0. The molecule has 5 heteroatoms. The Morgan fingerprint density at radius 3 is 2.53 bits per heavy atom. The molecule has 3 nitrogen and oxygen atoms in total. The summed E-state index contributed by atoms with van der Waals surface area (Å²) in [6.07, 6.45) is 4.00. The third-order valence-electron chi connectivity index (χ3n) is 1.53.